The van der Waals surface area contributed by atoms with E-state index in [0.717, 1.165) is 7.11 Å². The Morgan fingerprint density at radius 1 is 0.688 bits per heavy atom. The van der Waals surface area contributed by atoms with Crippen molar-refractivity contribution in [1.29, 1.82) is 0 Å². The van der Waals surface area contributed by atoms with Gasteiger partial charge in [0.05, 0.1) is 86.6 Å². The Balaban J connectivity index is 0.891. The van der Waals surface area contributed by atoms with Crippen molar-refractivity contribution in [2.75, 3.05) is 7.11 Å². The van der Waals surface area contributed by atoms with Crippen LogP contribution in [0.15, 0.2) is 46.8 Å². The molecule has 4 aliphatic carbocycles. The van der Waals surface area contributed by atoms with Crippen LogP contribution in [0.3, 0.4) is 0 Å². The topological polar surface area (TPSA) is 341 Å². The van der Waals surface area contributed by atoms with Gasteiger partial charge in [-0.2, -0.15) is 0 Å². The van der Waals surface area contributed by atoms with Crippen LogP contribution in [0.2, 0.25) is 0 Å². The maximum Gasteiger partial charge on any atom is 0.407 e. The summed E-state index contributed by atoms with van der Waals surface area (Å²) in [6.45, 7) is 21.3. The standard InChI is InChI=1S/C67H98N2O24/c1-30-14-18-47(88-54-28-65(11,69(79)80)60(38(9)86-54)68-64(78)81-13)31(2)23-43-45(73)24-40(29-70)27-67(43)62(76)55(63(77)93-67)61(75)66(12)42(30)16-15-41-56(66)32(3)22-33(4)57(41)92-53-26-49(59(37(8)85-53)87-39(10)71)90-50-21-19-48(35(6)83-50)89-52-25-46(74)58(36(7)84-52)91-51-20-17-44(72)34(5)82-51/h15-16,23-24,29-30,32-38,41-54,56-60,72-74,76H,14,17-22,25-28H2,1-13H3,(H,68,78)/b31-23+/t30?,32-,33-,34-,35-,36-,37-,38+,41-,42+,43+,44+,45-,46+,47-,48?,49+,50-,51-,52-,53-,54-,56+,57-,58?,59-,60-,65-,66+,67?/m0/s1. The van der Waals surface area contributed by atoms with Crippen molar-refractivity contribution in [3.63, 3.8) is 0 Å². The van der Waals surface area contributed by atoms with Crippen molar-refractivity contribution in [1.82, 2.24) is 5.32 Å². The molecule has 6 aliphatic heterocycles. The fourth-order valence-electron chi connectivity index (χ4n) is 17.3. The third kappa shape index (κ3) is 14.1. The zero-order valence-electron chi connectivity index (χ0n) is 55.7. The first-order chi connectivity index (χ1) is 43.9. The molecule has 1 amide bonds. The molecule has 26 nitrogen and oxygen atoms in total. The first kappa shape index (κ1) is 71.0. The molecule has 2 bridgehead atoms. The van der Waals surface area contributed by atoms with E-state index in [1.807, 2.05) is 33.8 Å². The quantitative estimate of drug-likeness (QED) is 0.0237. The molecule has 1 saturated carbocycles. The highest BCUT2D eigenvalue weighted by molar-refractivity contribution is 6.21. The number of carbonyl (C=O) groups excluding carboxylic acids is 5. The maximum atomic E-state index is 16.2. The van der Waals surface area contributed by atoms with Crippen LogP contribution in [-0.2, 0) is 80.8 Å². The number of fused-ring (bicyclic) bond motifs is 3. The number of hydrogen-bond donors (Lipinski definition) is 5. The summed E-state index contributed by atoms with van der Waals surface area (Å²) in [6, 6.07) is -1.11. The van der Waals surface area contributed by atoms with E-state index >= 15 is 4.79 Å². The Kier molecular flexibility index (Phi) is 21.6. The molecule has 520 valence electrons. The Labute approximate surface area is 543 Å². The van der Waals surface area contributed by atoms with Crippen molar-refractivity contribution >= 4 is 30.1 Å². The summed E-state index contributed by atoms with van der Waals surface area (Å²) in [6.07, 6.45) is -5.10. The first-order valence-corrected chi connectivity index (χ1v) is 33.4. The zero-order valence-corrected chi connectivity index (χ0v) is 55.7. The molecule has 5 saturated heterocycles. The Morgan fingerprint density at radius 3 is 1.98 bits per heavy atom. The van der Waals surface area contributed by atoms with Gasteiger partial charge in [-0.05, 0) is 120 Å². The number of allylic oxidation sites excluding steroid dienone is 1. The minimum atomic E-state index is -2.11. The Bertz CT molecular complexity index is 2890. The zero-order chi connectivity index (χ0) is 67.5. The van der Waals surface area contributed by atoms with E-state index in [0.29, 0.717) is 50.4 Å². The van der Waals surface area contributed by atoms with Crippen molar-refractivity contribution in [2.45, 2.75) is 288 Å². The molecule has 0 aromatic heterocycles. The summed E-state index contributed by atoms with van der Waals surface area (Å²) >= 11 is 0. The van der Waals surface area contributed by atoms with E-state index in [9.17, 15) is 49.7 Å². The summed E-state index contributed by atoms with van der Waals surface area (Å²) in [5.74, 6) is -6.53. The molecular formula is C67H98N2O24. The molecular weight excluding hydrogens is 1220 g/mol. The van der Waals surface area contributed by atoms with Gasteiger partial charge >= 0.3 is 18.0 Å². The number of nitrogens with zero attached hydrogens (tertiary/aromatic N) is 1. The van der Waals surface area contributed by atoms with Crippen LogP contribution in [-0.4, -0.2) is 197 Å². The highest BCUT2D eigenvalue weighted by Gasteiger charge is 2.65. The van der Waals surface area contributed by atoms with Crippen molar-refractivity contribution in [2.24, 2.45) is 46.8 Å². The van der Waals surface area contributed by atoms with Gasteiger partial charge in [-0.15, -0.1) is 0 Å². The van der Waals surface area contributed by atoms with Gasteiger partial charge in [0.25, 0.3) is 0 Å². The SMILES string of the molecule is COC(=O)N[C@H]1[C@@H](C)O[C@@H](O[C@H]2CCC(C)[C@H]3C=C[C@@H]4[C@@H](O[C@H]5C[C@@H](O[C@H]6CCC(O[C@H]7C[C@@H](O)C(O[C@H]8CC[C@@H](O)[C@H](C)O8)[C@H](C)O7)[C@H](C)O6)[C@@H](OC(C)=O)[C@H](C)O5)[C@@H](C)C[C@H](C)[C@H]4[C@]3(C)C(=O)C3=C(O)C4(CC(C=O)=C[C@H](O)[C@H]4/C=C/2C)OC3=O)C[C@]1(C)[N+](=O)[O-]. The fourth-order valence-corrected chi connectivity index (χ4v) is 17.3. The van der Waals surface area contributed by atoms with Crippen LogP contribution in [0.1, 0.15) is 154 Å². The van der Waals surface area contributed by atoms with Crippen molar-refractivity contribution < 1.29 is 111 Å². The van der Waals surface area contributed by atoms with E-state index in [2.05, 4.69) is 25.2 Å². The van der Waals surface area contributed by atoms with Crippen molar-refractivity contribution in [3.05, 3.63) is 56.9 Å². The molecule has 0 radical (unpaired) electrons. The van der Waals surface area contributed by atoms with Crippen LogP contribution in [0.25, 0.3) is 0 Å². The summed E-state index contributed by atoms with van der Waals surface area (Å²) in [5, 5.41) is 61.5. The van der Waals surface area contributed by atoms with Gasteiger partial charge in [-0.3, -0.25) is 24.5 Å². The number of Topliss-reactive ketones (excluding diaryl/α,β-unsaturated/α-hetero) is 1. The van der Waals surface area contributed by atoms with Crippen LogP contribution in [0.4, 0.5) is 4.79 Å². The molecule has 0 aromatic carbocycles. The summed E-state index contributed by atoms with van der Waals surface area (Å²) in [7, 11) is 1.15. The van der Waals surface area contributed by atoms with E-state index in [1.165, 1.54) is 19.9 Å². The number of nitrogens with one attached hydrogen (secondary N) is 1. The summed E-state index contributed by atoms with van der Waals surface area (Å²) < 4.78 is 81.7. The van der Waals surface area contributed by atoms with E-state index in [-0.39, 0.29) is 55.4 Å². The van der Waals surface area contributed by atoms with Gasteiger partial charge in [-0.1, -0.05) is 45.9 Å². The molecule has 30 atom stereocenters. The number of aliphatic hydroxyl groups excluding tert-OH is 4. The highest BCUT2D eigenvalue weighted by atomic mass is 16.8. The number of ether oxygens (including phenoxy) is 13. The average molecular weight is 1320 g/mol. The maximum absolute atomic E-state index is 16.2. The molecule has 10 rings (SSSR count). The highest BCUT2D eigenvalue weighted by Crippen LogP contribution is 2.60. The lowest BCUT2D eigenvalue weighted by atomic mass is 9.48. The molecule has 5 N–H and O–H groups in total. The molecule has 6 heterocycles. The van der Waals surface area contributed by atoms with Gasteiger partial charge in [0.2, 0.25) is 5.54 Å². The second-order valence-electron chi connectivity index (χ2n) is 28.6. The van der Waals surface area contributed by atoms with Crippen LogP contribution in [0, 0.1) is 57.0 Å². The predicted octanol–water partition coefficient (Wildman–Crippen LogP) is 6.44. The third-order valence-corrected chi connectivity index (χ3v) is 22.1. The van der Waals surface area contributed by atoms with E-state index in [1.54, 1.807) is 33.8 Å². The number of rotatable bonds is 14. The number of alkyl carbamates (subject to hydrolysis) is 1. The molecule has 1 spiro atoms. The van der Waals surface area contributed by atoms with Gasteiger partial charge in [0.15, 0.2) is 54.7 Å². The number of nitro groups is 1. The summed E-state index contributed by atoms with van der Waals surface area (Å²) in [4.78, 5) is 81.1. The number of aliphatic hydroxyl groups is 4. The molecule has 10 aliphatic rings. The van der Waals surface area contributed by atoms with Crippen LogP contribution < -0.4 is 5.32 Å². The molecule has 93 heavy (non-hydrogen) atoms. The summed E-state index contributed by atoms with van der Waals surface area (Å²) in [5.41, 5.74) is -5.41. The van der Waals surface area contributed by atoms with E-state index < -0.39 is 203 Å². The average Bonchev–Trinajstić information content (AvgIpc) is 1.68. The van der Waals surface area contributed by atoms with Crippen molar-refractivity contribution in [3.8, 4) is 0 Å². The minimum absolute atomic E-state index is 0.0279. The molecule has 26 heteroatoms. The van der Waals surface area contributed by atoms with Gasteiger partial charge in [-0.25, -0.2) is 9.59 Å². The minimum Gasteiger partial charge on any atom is -0.507 e. The normalized spacial score (nSPS) is 47.7. The number of aldehydes is 1. The van der Waals surface area contributed by atoms with E-state index in [4.69, 9.17) is 61.6 Å². The lowest BCUT2D eigenvalue weighted by Gasteiger charge is -2.57. The first-order valence-electron chi connectivity index (χ1n) is 33.4. The molecule has 6 fully saturated rings. The number of esters is 2. The Hall–Kier alpha value is -4.81. The number of amides is 1. The van der Waals surface area contributed by atoms with Gasteiger partial charge < -0.3 is 87.3 Å². The largest absolute Gasteiger partial charge is 0.507 e. The van der Waals surface area contributed by atoms with Crippen LogP contribution in [0.5, 0.6) is 0 Å². The second kappa shape index (κ2) is 28.3. The molecule has 4 unspecified atom stereocenters. The van der Waals surface area contributed by atoms with Gasteiger partial charge in [0.1, 0.15) is 30.1 Å². The Morgan fingerprint density at radius 2 is 1.32 bits per heavy atom. The number of methoxy groups -OCH3 is 1. The smallest absolute Gasteiger partial charge is 0.407 e. The predicted molar refractivity (Wildman–Crippen MR) is 325 cm³/mol. The lowest BCUT2D eigenvalue weighted by Crippen LogP contribution is -2.65. The molecule has 0 aromatic rings. The number of carbonyl (C=O) groups is 5. The van der Waals surface area contributed by atoms with Gasteiger partial charge in [0, 0.05) is 62.2 Å². The number of hydrogen-bond acceptors (Lipinski definition) is 24. The monoisotopic (exact) mass is 1310 g/mol. The number of ketones is 1. The third-order valence-electron chi connectivity index (χ3n) is 22.1. The van der Waals surface area contributed by atoms with Crippen LogP contribution >= 0.6 is 0 Å². The lowest BCUT2D eigenvalue weighted by molar-refractivity contribution is -0.584. The second-order valence-corrected chi connectivity index (χ2v) is 28.6. The fraction of sp³-hybridized carbons (Fsp3) is 0.806.